The highest BCUT2D eigenvalue weighted by Crippen LogP contribution is 2.28. The molecule has 136 valence electrons. The van der Waals surface area contributed by atoms with E-state index in [4.69, 9.17) is 0 Å². The van der Waals surface area contributed by atoms with E-state index in [0.717, 1.165) is 17.5 Å². The zero-order valence-electron chi connectivity index (χ0n) is 15.8. The summed E-state index contributed by atoms with van der Waals surface area (Å²) in [5.74, 6) is 0.352. The van der Waals surface area contributed by atoms with Crippen LogP contribution >= 0.6 is 0 Å². The van der Waals surface area contributed by atoms with E-state index >= 15 is 0 Å². The van der Waals surface area contributed by atoms with Gasteiger partial charge in [0, 0.05) is 5.56 Å². The second-order valence-corrected chi connectivity index (χ2v) is 7.15. The summed E-state index contributed by atoms with van der Waals surface area (Å²) in [4.78, 5) is 0. The Labute approximate surface area is 154 Å². The second-order valence-electron chi connectivity index (χ2n) is 7.15. The lowest BCUT2D eigenvalue weighted by Crippen LogP contribution is -1.87. The summed E-state index contributed by atoms with van der Waals surface area (Å²) >= 11 is 0. The van der Waals surface area contributed by atoms with E-state index in [2.05, 4.69) is 31.2 Å². The molecule has 0 aliphatic rings. The fraction of sp³-hybridized carbons (Fsp3) is 0.500. The molecule has 0 aliphatic heterocycles. The van der Waals surface area contributed by atoms with E-state index < -0.39 is 0 Å². The molecule has 2 aromatic carbocycles. The van der Waals surface area contributed by atoms with Crippen LogP contribution in [0.2, 0.25) is 0 Å². The van der Waals surface area contributed by atoms with Gasteiger partial charge in [-0.25, -0.2) is 0 Å². The average molecular weight is 339 g/mol. The first-order chi connectivity index (χ1) is 12.3. The number of hydrogen-bond acceptors (Lipinski definition) is 1. The summed E-state index contributed by atoms with van der Waals surface area (Å²) in [6, 6.07) is 16.2. The average Bonchev–Trinajstić information content (AvgIpc) is 2.64. The highest BCUT2D eigenvalue weighted by atomic mass is 16.3. The lowest BCUT2D eigenvalue weighted by Gasteiger charge is -2.07. The van der Waals surface area contributed by atoms with Crippen molar-refractivity contribution in [2.75, 3.05) is 0 Å². The number of phenols is 1. The number of para-hydroxylation sites is 1. The molecule has 0 bridgehead atoms. The Balaban J connectivity index is 1.60. The highest BCUT2D eigenvalue weighted by Gasteiger charge is 2.03. The van der Waals surface area contributed by atoms with Crippen molar-refractivity contribution in [1.29, 1.82) is 0 Å². The maximum atomic E-state index is 9.94. The predicted molar refractivity (Wildman–Crippen MR) is 109 cm³/mol. The molecule has 1 N–H and O–H groups in total. The molecule has 0 fully saturated rings. The van der Waals surface area contributed by atoms with Gasteiger partial charge in [0.25, 0.3) is 0 Å². The van der Waals surface area contributed by atoms with Crippen molar-refractivity contribution < 1.29 is 5.11 Å². The van der Waals surface area contributed by atoms with Gasteiger partial charge in [0.05, 0.1) is 0 Å². The number of rotatable bonds is 12. The van der Waals surface area contributed by atoms with Crippen LogP contribution in [0.4, 0.5) is 0 Å². The van der Waals surface area contributed by atoms with Crippen LogP contribution in [0.5, 0.6) is 5.75 Å². The molecule has 0 radical (unpaired) electrons. The van der Waals surface area contributed by atoms with Gasteiger partial charge in [-0.05, 0) is 30.0 Å². The highest BCUT2D eigenvalue weighted by molar-refractivity contribution is 5.69. The van der Waals surface area contributed by atoms with Crippen molar-refractivity contribution >= 4 is 0 Å². The number of phenolic OH excluding ortho intramolecular Hbond substituents is 1. The van der Waals surface area contributed by atoms with Crippen LogP contribution in [0.3, 0.4) is 0 Å². The van der Waals surface area contributed by atoms with E-state index in [0.29, 0.717) is 5.75 Å². The number of benzene rings is 2. The van der Waals surface area contributed by atoms with Gasteiger partial charge in [-0.15, -0.1) is 0 Å². The first-order valence-corrected chi connectivity index (χ1v) is 10.2. The van der Waals surface area contributed by atoms with Crippen molar-refractivity contribution in [2.24, 2.45) is 0 Å². The first-order valence-electron chi connectivity index (χ1n) is 10.2. The van der Waals surface area contributed by atoms with Crippen molar-refractivity contribution in [3.63, 3.8) is 0 Å². The van der Waals surface area contributed by atoms with Crippen molar-refractivity contribution in [1.82, 2.24) is 0 Å². The molecular weight excluding hydrogens is 304 g/mol. The van der Waals surface area contributed by atoms with Gasteiger partial charge in [0.15, 0.2) is 0 Å². The molecule has 0 spiro atoms. The SMILES string of the molecule is CCCCCCCCCCCCc1ccc(-c2ccccc2O)cc1. The van der Waals surface area contributed by atoms with Crippen LogP contribution in [0.15, 0.2) is 48.5 Å². The number of hydrogen-bond donors (Lipinski definition) is 1. The fourth-order valence-electron chi connectivity index (χ4n) is 3.39. The largest absolute Gasteiger partial charge is 0.507 e. The smallest absolute Gasteiger partial charge is 0.123 e. The van der Waals surface area contributed by atoms with Crippen LogP contribution < -0.4 is 0 Å². The van der Waals surface area contributed by atoms with Gasteiger partial charge in [-0.3, -0.25) is 0 Å². The Hall–Kier alpha value is -1.76. The van der Waals surface area contributed by atoms with Crippen LogP contribution in [0.1, 0.15) is 76.7 Å². The summed E-state index contributed by atoms with van der Waals surface area (Å²) < 4.78 is 0. The second kappa shape index (κ2) is 11.7. The summed E-state index contributed by atoms with van der Waals surface area (Å²) in [5, 5.41) is 9.94. The zero-order chi connectivity index (χ0) is 17.7. The van der Waals surface area contributed by atoms with Gasteiger partial charge in [0.1, 0.15) is 5.75 Å². The van der Waals surface area contributed by atoms with Gasteiger partial charge in [-0.2, -0.15) is 0 Å². The minimum absolute atomic E-state index is 0.352. The summed E-state index contributed by atoms with van der Waals surface area (Å²) in [7, 11) is 0. The molecule has 1 nitrogen and oxygen atoms in total. The molecule has 0 aliphatic carbocycles. The van der Waals surface area contributed by atoms with Crippen molar-refractivity contribution in [3.05, 3.63) is 54.1 Å². The molecule has 25 heavy (non-hydrogen) atoms. The molecule has 0 saturated heterocycles. The maximum absolute atomic E-state index is 9.94. The van der Waals surface area contributed by atoms with E-state index in [1.165, 1.54) is 69.8 Å². The Kier molecular flexibility index (Phi) is 9.18. The molecule has 0 unspecified atom stereocenters. The standard InChI is InChI=1S/C24H34O/c1-2-3-4-5-6-7-8-9-10-11-14-21-17-19-22(20-18-21)23-15-12-13-16-24(23)25/h12-13,15-20,25H,2-11,14H2,1H3. The van der Waals surface area contributed by atoms with Gasteiger partial charge in [0.2, 0.25) is 0 Å². The molecule has 2 rings (SSSR count). The third kappa shape index (κ3) is 7.34. The van der Waals surface area contributed by atoms with E-state index in [-0.39, 0.29) is 0 Å². The molecule has 0 saturated carbocycles. The van der Waals surface area contributed by atoms with Crippen LogP contribution in [-0.2, 0) is 6.42 Å². The zero-order valence-corrected chi connectivity index (χ0v) is 15.8. The molecule has 1 heteroatoms. The fourth-order valence-corrected chi connectivity index (χ4v) is 3.39. The lowest BCUT2D eigenvalue weighted by atomic mass is 10.00. The topological polar surface area (TPSA) is 20.2 Å². The van der Waals surface area contributed by atoms with E-state index in [1.807, 2.05) is 18.2 Å². The number of aromatic hydroxyl groups is 1. The van der Waals surface area contributed by atoms with Gasteiger partial charge >= 0.3 is 0 Å². The van der Waals surface area contributed by atoms with E-state index in [1.54, 1.807) is 6.07 Å². The molecule has 0 amide bonds. The molecule has 0 atom stereocenters. The number of unbranched alkanes of at least 4 members (excludes halogenated alkanes) is 9. The lowest BCUT2D eigenvalue weighted by molar-refractivity contribution is 0.477. The quantitative estimate of drug-likeness (QED) is 0.397. The minimum atomic E-state index is 0.352. The predicted octanol–water partition coefficient (Wildman–Crippen LogP) is 7.52. The minimum Gasteiger partial charge on any atom is -0.507 e. The first kappa shape index (κ1) is 19.6. The van der Waals surface area contributed by atoms with E-state index in [9.17, 15) is 5.11 Å². The Bertz CT molecular complexity index is 585. The van der Waals surface area contributed by atoms with Crippen molar-refractivity contribution in [2.45, 2.75) is 77.6 Å². The third-order valence-corrected chi connectivity index (χ3v) is 4.99. The van der Waals surface area contributed by atoms with Gasteiger partial charge < -0.3 is 5.11 Å². The summed E-state index contributed by atoms with van der Waals surface area (Å²) in [6.45, 7) is 2.28. The molecule has 0 heterocycles. The summed E-state index contributed by atoms with van der Waals surface area (Å²) in [6.07, 6.45) is 15.0. The van der Waals surface area contributed by atoms with Crippen LogP contribution in [-0.4, -0.2) is 5.11 Å². The third-order valence-electron chi connectivity index (χ3n) is 4.99. The Morgan fingerprint density at radius 1 is 0.640 bits per heavy atom. The maximum Gasteiger partial charge on any atom is 0.123 e. The van der Waals surface area contributed by atoms with Crippen LogP contribution in [0.25, 0.3) is 11.1 Å². The van der Waals surface area contributed by atoms with Crippen LogP contribution in [0, 0.1) is 0 Å². The molecule has 2 aromatic rings. The Morgan fingerprint density at radius 2 is 1.20 bits per heavy atom. The van der Waals surface area contributed by atoms with Gasteiger partial charge in [-0.1, -0.05) is 107 Å². The number of aryl methyl sites for hydroxylation is 1. The molecule has 0 aromatic heterocycles. The monoisotopic (exact) mass is 338 g/mol. The Morgan fingerprint density at radius 3 is 1.80 bits per heavy atom. The molecular formula is C24H34O. The van der Waals surface area contributed by atoms with Crippen molar-refractivity contribution in [3.8, 4) is 16.9 Å². The summed E-state index contributed by atoms with van der Waals surface area (Å²) in [5.41, 5.74) is 3.40. The normalized spacial score (nSPS) is 10.9.